The number of aryl methyl sites for hydroxylation is 3. The Morgan fingerprint density at radius 1 is 1.09 bits per heavy atom. The number of hydrogen-bond donors (Lipinski definition) is 3. The molecule has 3 aromatic carbocycles. The van der Waals surface area contributed by atoms with E-state index in [1.807, 2.05) is 75.4 Å². The van der Waals surface area contributed by atoms with Crippen LogP contribution < -0.4 is 15.4 Å². The zero-order valence-corrected chi connectivity index (χ0v) is 20.0. The summed E-state index contributed by atoms with van der Waals surface area (Å²) < 4.78 is 5.58. The molecule has 0 saturated heterocycles. The second-order valence-corrected chi connectivity index (χ2v) is 8.71. The molecule has 6 nitrogen and oxygen atoms in total. The van der Waals surface area contributed by atoms with Crippen LogP contribution in [0.2, 0.25) is 5.02 Å². The highest BCUT2D eigenvalue weighted by atomic mass is 35.5. The number of anilines is 1. The summed E-state index contributed by atoms with van der Waals surface area (Å²) in [6, 6.07) is 17.2. The smallest absolute Gasteiger partial charge is 0.264 e. The van der Waals surface area contributed by atoms with Gasteiger partial charge >= 0.3 is 0 Å². The molecule has 1 heterocycles. The Labute approximate surface area is 202 Å². The average Bonchev–Trinajstić information content (AvgIpc) is 3.15. The normalized spacial score (nSPS) is 10.8. The van der Waals surface area contributed by atoms with Crippen molar-refractivity contribution in [3.63, 3.8) is 0 Å². The molecule has 1 aromatic heterocycles. The number of carbonyl (C=O) groups excluding carboxylic acids is 1. The molecular formula is C25H23ClN4O2S. The maximum Gasteiger partial charge on any atom is 0.264 e. The van der Waals surface area contributed by atoms with Crippen LogP contribution in [0.5, 0.6) is 5.75 Å². The van der Waals surface area contributed by atoms with E-state index in [1.165, 1.54) is 0 Å². The van der Waals surface area contributed by atoms with Gasteiger partial charge in [0.05, 0.1) is 11.0 Å². The summed E-state index contributed by atoms with van der Waals surface area (Å²) in [5.41, 5.74) is 6.44. The van der Waals surface area contributed by atoms with E-state index in [4.69, 9.17) is 28.6 Å². The zero-order chi connectivity index (χ0) is 23.5. The fourth-order valence-corrected chi connectivity index (χ4v) is 3.90. The molecule has 0 unspecified atom stereocenters. The zero-order valence-electron chi connectivity index (χ0n) is 18.5. The van der Waals surface area contributed by atoms with Crippen LogP contribution in [0.4, 0.5) is 5.69 Å². The summed E-state index contributed by atoms with van der Waals surface area (Å²) in [6.45, 7) is 5.78. The predicted molar refractivity (Wildman–Crippen MR) is 137 cm³/mol. The standard InChI is InChI=1S/C25H23ClN4O2S/c1-14-7-15(2)9-19(8-14)32-13-23(31)30-25(33)27-18-6-4-5-17(11-18)24-28-21-10-16(3)20(26)12-22(21)29-24/h4-12H,13H2,1-3H3,(H,28,29)(H2,27,30,31,33). The van der Waals surface area contributed by atoms with Crippen molar-refractivity contribution in [2.75, 3.05) is 11.9 Å². The topological polar surface area (TPSA) is 79.0 Å². The quantitative estimate of drug-likeness (QED) is 0.321. The van der Waals surface area contributed by atoms with Gasteiger partial charge in [0.25, 0.3) is 5.91 Å². The van der Waals surface area contributed by atoms with E-state index in [9.17, 15) is 4.79 Å². The molecule has 0 aliphatic heterocycles. The molecule has 0 aliphatic carbocycles. The highest BCUT2D eigenvalue weighted by Crippen LogP contribution is 2.26. The summed E-state index contributed by atoms with van der Waals surface area (Å²) in [7, 11) is 0. The Hall–Kier alpha value is -3.42. The van der Waals surface area contributed by atoms with Gasteiger partial charge in [0.1, 0.15) is 11.6 Å². The monoisotopic (exact) mass is 478 g/mol. The van der Waals surface area contributed by atoms with Crippen molar-refractivity contribution >= 4 is 51.6 Å². The van der Waals surface area contributed by atoms with Crippen LogP contribution >= 0.6 is 23.8 Å². The summed E-state index contributed by atoms with van der Waals surface area (Å²) in [4.78, 5) is 20.2. The number of aromatic amines is 1. The van der Waals surface area contributed by atoms with Gasteiger partial charge in [0.15, 0.2) is 11.7 Å². The molecule has 8 heteroatoms. The Morgan fingerprint density at radius 3 is 2.61 bits per heavy atom. The number of amides is 1. The lowest BCUT2D eigenvalue weighted by Gasteiger charge is -2.11. The summed E-state index contributed by atoms with van der Waals surface area (Å²) in [5, 5.41) is 6.54. The van der Waals surface area contributed by atoms with E-state index in [1.54, 1.807) is 0 Å². The van der Waals surface area contributed by atoms with Crippen molar-refractivity contribution in [2.45, 2.75) is 20.8 Å². The van der Waals surface area contributed by atoms with Gasteiger partial charge < -0.3 is 15.0 Å². The number of carbonyl (C=O) groups is 1. The third-order valence-corrected chi connectivity index (χ3v) is 5.59. The molecule has 3 N–H and O–H groups in total. The molecule has 0 aliphatic rings. The summed E-state index contributed by atoms with van der Waals surface area (Å²) in [5.74, 6) is 1.02. The van der Waals surface area contributed by atoms with Crippen LogP contribution in [0.1, 0.15) is 16.7 Å². The van der Waals surface area contributed by atoms with Crippen molar-refractivity contribution < 1.29 is 9.53 Å². The van der Waals surface area contributed by atoms with E-state index in [0.29, 0.717) is 16.6 Å². The van der Waals surface area contributed by atoms with Gasteiger partial charge in [-0.05, 0) is 86.1 Å². The molecule has 1 amide bonds. The molecule has 0 bridgehead atoms. The van der Waals surface area contributed by atoms with Crippen LogP contribution in [0, 0.1) is 20.8 Å². The second-order valence-electron chi connectivity index (χ2n) is 7.90. The van der Waals surface area contributed by atoms with Crippen molar-refractivity contribution in [3.8, 4) is 17.1 Å². The van der Waals surface area contributed by atoms with Crippen molar-refractivity contribution in [3.05, 3.63) is 76.3 Å². The third kappa shape index (κ3) is 5.69. The lowest BCUT2D eigenvalue weighted by atomic mass is 10.1. The molecular weight excluding hydrogens is 456 g/mol. The lowest BCUT2D eigenvalue weighted by molar-refractivity contribution is -0.121. The maximum atomic E-state index is 12.2. The Morgan fingerprint density at radius 2 is 1.85 bits per heavy atom. The van der Waals surface area contributed by atoms with Crippen LogP contribution in [0.15, 0.2) is 54.6 Å². The number of nitrogens with zero attached hydrogens (tertiary/aromatic N) is 1. The molecule has 0 fully saturated rings. The van der Waals surface area contributed by atoms with E-state index in [-0.39, 0.29) is 17.6 Å². The fraction of sp³-hybridized carbons (Fsp3) is 0.160. The number of imidazole rings is 1. The van der Waals surface area contributed by atoms with Crippen LogP contribution in [0.3, 0.4) is 0 Å². The predicted octanol–water partition coefficient (Wildman–Crippen LogP) is 5.70. The van der Waals surface area contributed by atoms with Crippen LogP contribution in [-0.4, -0.2) is 27.6 Å². The van der Waals surface area contributed by atoms with Gasteiger partial charge in [-0.1, -0.05) is 29.8 Å². The molecule has 0 spiro atoms. The highest BCUT2D eigenvalue weighted by molar-refractivity contribution is 7.80. The van der Waals surface area contributed by atoms with Crippen molar-refractivity contribution in [2.24, 2.45) is 0 Å². The SMILES string of the molecule is Cc1cc(C)cc(OCC(=O)NC(=S)Nc2cccc(-c3nc4cc(Cl)c(C)cc4[nH]3)c2)c1. The molecule has 4 rings (SSSR count). The fourth-order valence-electron chi connectivity index (χ4n) is 3.51. The number of halogens is 1. The van der Waals surface area contributed by atoms with E-state index in [0.717, 1.165) is 39.0 Å². The number of thiocarbonyl (C=S) groups is 1. The lowest BCUT2D eigenvalue weighted by Crippen LogP contribution is -2.37. The molecule has 0 radical (unpaired) electrons. The minimum absolute atomic E-state index is 0.133. The minimum atomic E-state index is -0.340. The molecule has 33 heavy (non-hydrogen) atoms. The molecule has 4 aromatic rings. The summed E-state index contributed by atoms with van der Waals surface area (Å²) >= 11 is 11.5. The van der Waals surface area contributed by atoms with Gasteiger partial charge in [-0.15, -0.1) is 0 Å². The maximum absolute atomic E-state index is 12.2. The van der Waals surface area contributed by atoms with Crippen molar-refractivity contribution in [1.82, 2.24) is 15.3 Å². The highest BCUT2D eigenvalue weighted by Gasteiger charge is 2.10. The first kappa shape index (κ1) is 22.8. The number of aromatic nitrogens is 2. The first-order valence-corrected chi connectivity index (χ1v) is 11.1. The van der Waals surface area contributed by atoms with Gasteiger partial charge in [0.2, 0.25) is 0 Å². The van der Waals surface area contributed by atoms with E-state index in [2.05, 4.69) is 20.6 Å². The minimum Gasteiger partial charge on any atom is -0.484 e. The Kier molecular flexibility index (Phi) is 6.62. The first-order chi connectivity index (χ1) is 15.8. The number of nitrogens with one attached hydrogen (secondary N) is 3. The van der Waals surface area contributed by atoms with Gasteiger partial charge in [0, 0.05) is 16.3 Å². The Balaban J connectivity index is 1.38. The second kappa shape index (κ2) is 9.60. The van der Waals surface area contributed by atoms with Crippen LogP contribution in [0.25, 0.3) is 22.4 Å². The molecule has 0 saturated carbocycles. The first-order valence-electron chi connectivity index (χ1n) is 10.3. The third-order valence-electron chi connectivity index (χ3n) is 4.97. The van der Waals surface area contributed by atoms with Gasteiger partial charge in [-0.2, -0.15) is 0 Å². The molecule has 168 valence electrons. The largest absolute Gasteiger partial charge is 0.484 e. The van der Waals surface area contributed by atoms with Gasteiger partial charge in [-0.25, -0.2) is 4.98 Å². The number of ether oxygens (including phenoxy) is 1. The molecule has 0 atom stereocenters. The number of H-pyrrole nitrogens is 1. The number of benzene rings is 3. The van der Waals surface area contributed by atoms with E-state index < -0.39 is 0 Å². The Bertz CT molecular complexity index is 1310. The number of hydrogen-bond acceptors (Lipinski definition) is 4. The average molecular weight is 479 g/mol. The van der Waals surface area contributed by atoms with E-state index >= 15 is 0 Å². The number of fused-ring (bicyclic) bond motifs is 1. The van der Waals surface area contributed by atoms with Crippen LogP contribution in [-0.2, 0) is 4.79 Å². The van der Waals surface area contributed by atoms with Gasteiger partial charge in [-0.3, -0.25) is 10.1 Å². The summed E-state index contributed by atoms with van der Waals surface area (Å²) in [6.07, 6.45) is 0. The van der Waals surface area contributed by atoms with Crippen molar-refractivity contribution in [1.29, 1.82) is 0 Å². The number of rotatable bonds is 5.